The molecular weight excluding hydrogens is 305 g/mol. The van der Waals surface area contributed by atoms with Crippen LogP contribution in [-0.4, -0.2) is 0 Å². The molecule has 0 amide bonds. The van der Waals surface area contributed by atoms with Crippen LogP contribution in [0.25, 0.3) is 0 Å². The minimum Gasteiger partial charge on any atom is -0.395 e. The number of benzene rings is 2. The highest BCUT2D eigenvalue weighted by molar-refractivity contribution is 5.73. The monoisotopic (exact) mass is 310 g/mol. The Morgan fingerprint density at radius 1 is 0.714 bits per heavy atom. The predicted molar refractivity (Wildman–Crippen MR) is 60.3 cm³/mol. The third kappa shape index (κ3) is 2.46. The second kappa shape index (κ2) is 5.15. The average Bonchev–Trinajstić information content (AvgIpc) is 2.44. The number of nitrogen functional groups attached to an aromatic ring is 1. The molecule has 0 saturated carbocycles. The molecule has 21 heavy (non-hydrogen) atoms. The Morgan fingerprint density at radius 3 is 1.71 bits per heavy atom. The van der Waals surface area contributed by atoms with Crippen LogP contribution in [0.1, 0.15) is 0 Å². The molecule has 2 rings (SSSR count). The highest BCUT2D eigenvalue weighted by Gasteiger charge is 2.26. The fourth-order valence-corrected chi connectivity index (χ4v) is 1.54. The molecule has 0 fully saturated rings. The van der Waals surface area contributed by atoms with Crippen LogP contribution in [0.15, 0.2) is 12.1 Å². The van der Waals surface area contributed by atoms with Gasteiger partial charge in [-0.2, -0.15) is 0 Å². The molecule has 2 aromatic rings. The number of rotatable bonds is 2. The topological polar surface area (TPSA) is 38.0 Å². The maximum atomic E-state index is 13.4. The van der Waals surface area contributed by atoms with Gasteiger partial charge in [0, 0.05) is 6.07 Å². The summed E-state index contributed by atoms with van der Waals surface area (Å²) in [5.74, 6) is -13.5. The van der Waals surface area contributed by atoms with E-state index in [9.17, 15) is 30.7 Å². The molecule has 2 nitrogen and oxygen atoms in total. The van der Waals surface area contributed by atoms with Gasteiger partial charge in [0.15, 0.2) is 29.1 Å². The van der Waals surface area contributed by atoms with E-state index in [-0.39, 0.29) is 0 Å². The van der Waals surface area contributed by atoms with Crippen molar-refractivity contribution in [2.24, 2.45) is 0 Å². The van der Waals surface area contributed by atoms with Crippen LogP contribution >= 0.6 is 0 Å². The van der Waals surface area contributed by atoms with Gasteiger partial charge in [-0.3, -0.25) is 0 Å². The molecular formula is C12H5F7N2. The summed E-state index contributed by atoms with van der Waals surface area (Å²) in [6.45, 7) is 0. The molecule has 0 heterocycles. The first kappa shape index (κ1) is 14.9. The van der Waals surface area contributed by atoms with Gasteiger partial charge < -0.3 is 11.1 Å². The summed E-state index contributed by atoms with van der Waals surface area (Å²) >= 11 is 0. The van der Waals surface area contributed by atoms with Gasteiger partial charge in [-0.1, -0.05) is 0 Å². The van der Waals surface area contributed by atoms with E-state index < -0.39 is 57.8 Å². The van der Waals surface area contributed by atoms with Crippen molar-refractivity contribution in [3.8, 4) is 0 Å². The van der Waals surface area contributed by atoms with Crippen LogP contribution in [0.5, 0.6) is 0 Å². The highest BCUT2D eigenvalue weighted by atomic mass is 19.2. The largest absolute Gasteiger partial charge is 0.395 e. The van der Waals surface area contributed by atoms with Crippen LogP contribution in [0.3, 0.4) is 0 Å². The first-order valence-corrected chi connectivity index (χ1v) is 5.27. The number of hydrogen-bond donors (Lipinski definition) is 2. The first-order chi connectivity index (χ1) is 9.73. The van der Waals surface area contributed by atoms with Crippen LogP contribution < -0.4 is 11.1 Å². The molecule has 0 atom stereocenters. The Bertz CT molecular complexity index is 701. The summed E-state index contributed by atoms with van der Waals surface area (Å²) in [5, 5.41) is 1.70. The Labute approximate surface area is 113 Å². The van der Waals surface area contributed by atoms with Crippen LogP contribution in [0.4, 0.5) is 47.8 Å². The molecule has 112 valence electrons. The summed E-state index contributed by atoms with van der Waals surface area (Å²) < 4.78 is 91.8. The summed E-state index contributed by atoms with van der Waals surface area (Å²) in [7, 11) is 0. The zero-order chi connectivity index (χ0) is 15.9. The van der Waals surface area contributed by atoms with Crippen molar-refractivity contribution in [1.82, 2.24) is 0 Å². The van der Waals surface area contributed by atoms with Gasteiger partial charge in [0.1, 0.15) is 11.5 Å². The fraction of sp³-hybridized carbons (Fsp3) is 0. The van der Waals surface area contributed by atoms with Crippen LogP contribution in [0, 0.1) is 40.7 Å². The lowest BCUT2D eigenvalue weighted by atomic mass is 10.2. The molecule has 0 radical (unpaired) electrons. The Hall–Kier alpha value is -2.45. The smallest absolute Gasteiger partial charge is 0.200 e. The lowest BCUT2D eigenvalue weighted by Crippen LogP contribution is -2.08. The molecule has 0 aliphatic rings. The molecule has 0 saturated heterocycles. The number of hydrogen-bond acceptors (Lipinski definition) is 2. The summed E-state index contributed by atoms with van der Waals surface area (Å²) in [6.07, 6.45) is 0. The highest BCUT2D eigenvalue weighted by Crippen LogP contribution is 2.32. The van der Waals surface area contributed by atoms with Gasteiger partial charge in [0.25, 0.3) is 0 Å². The normalized spacial score (nSPS) is 10.8. The quantitative estimate of drug-likeness (QED) is 0.381. The molecule has 9 heteroatoms. The van der Waals surface area contributed by atoms with Crippen LogP contribution in [-0.2, 0) is 0 Å². The van der Waals surface area contributed by atoms with Gasteiger partial charge in [-0.05, 0) is 6.07 Å². The van der Waals surface area contributed by atoms with Crippen molar-refractivity contribution >= 4 is 17.1 Å². The van der Waals surface area contributed by atoms with Crippen molar-refractivity contribution in [2.75, 3.05) is 11.1 Å². The van der Waals surface area contributed by atoms with Gasteiger partial charge in [0.05, 0.1) is 11.4 Å². The fourth-order valence-electron chi connectivity index (χ4n) is 1.54. The Kier molecular flexibility index (Phi) is 3.67. The summed E-state index contributed by atoms with van der Waals surface area (Å²) in [5.41, 5.74) is 2.29. The molecule has 2 aromatic carbocycles. The number of nitrogens with two attached hydrogens (primary N) is 1. The van der Waals surface area contributed by atoms with Gasteiger partial charge in [-0.25, -0.2) is 30.7 Å². The zero-order valence-electron chi connectivity index (χ0n) is 9.88. The molecule has 3 N–H and O–H groups in total. The lowest BCUT2D eigenvalue weighted by Gasteiger charge is -2.13. The SMILES string of the molecule is Nc1c(F)cc(F)cc1Nc1c(F)c(F)c(F)c(F)c1F. The molecule has 0 bridgehead atoms. The number of nitrogens with one attached hydrogen (secondary N) is 1. The predicted octanol–water partition coefficient (Wildman–Crippen LogP) is 3.99. The van der Waals surface area contributed by atoms with Gasteiger partial charge in [0.2, 0.25) is 5.82 Å². The second-order valence-electron chi connectivity index (χ2n) is 3.92. The molecule has 0 aromatic heterocycles. The van der Waals surface area contributed by atoms with Crippen molar-refractivity contribution in [3.63, 3.8) is 0 Å². The summed E-state index contributed by atoms with van der Waals surface area (Å²) in [6, 6.07) is 0.926. The van der Waals surface area contributed by atoms with Crippen molar-refractivity contribution in [3.05, 3.63) is 52.9 Å². The standard InChI is InChI=1S/C12H5F7N2/c13-3-1-4(14)11(20)5(2-3)21-12-9(18)7(16)6(15)8(17)10(12)19/h1-2,21H,20H2. The number of anilines is 3. The third-order valence-corrected chi connectivity index (χ3v) is 2.56. The maximum Gasteiger partial charge on any atom is 0.200 e. The van der Waals surface area contributed by atoms with Crippen LogP contribution in [0.2, 0.25) is 0 Å². The molecule has 0 spiro atoms. The summed E-state index contributed by atoms with van der Waals surface area (Å²) in [4.78, 5) is 0. The second-order valence-corrected chi connectivity index (χ2v) is 3.92. The van der Waals surface area contributed by atoms with E-state index in [1.807, 2.05) is 0 Å². The zero-order valence-corrected chi connectivity index (χ0v) is 9.88. The van der Waals surface area contributed by atoms with Gasteiger partial charge in [-0.15, -0.1) is 0 Å². The first-order valence-electron chi connectivity index (χ1n) is 5.27. The van der Waals surface area contributed by atoms with Gasteiger partial charge >= 0.3 is 0 Å². The molecule has 0 aliphatic carbocycles. The Morgan fingerprint density at radius 2 is 1.19 bits per heavy atom. The Balaban J connectivity index is 2.60. The van der Waals surface area contributed by atoms with E-state index >= 15 is 0 Å². The van der Waals surface area contributed by atoms with E-state index in [2.05, 4.69) is 0 Å². The number of halogens is 7. The van der Waals surface area contributed by atoms with E-state index in [1.54, 1.807) is 5.32 Å². The molecule has 0 unspecified atom stereocenters. The van der Waals surface area contributed by atoms with Crippen molar-refractivity contribution in [1.29, 1.82) is 0 Å². The van der Waals surface area contributed by atoms with Crippen molar-refractivity contribution < 1.29 is 30.7 Å². The molecule has 0 aliphatic heterocycles. The maximum absolute atomic E-state index is 13.4. The third-order valence-electron chi connectivity index (χ3n) is 2.56. The average molecular weight is 310 g/mol. The van der Waals surface area contributed by atoms with E-state index in [0.29, 0.717) is 12.1 Å². The van der Waals surface area contributed by atoms with E-state index in [1.165, 1.54) is 0 Å². The minimum atomic E-state index is -2.35. The minimum absolute atomic E-state index is 0.388. The van der Waals surface area contributed by atoms with E-state index in [0.717, 1.165) is 0 Å². The van der Waals surface area contributed by atoms with Crippen molar-refractivity contribution in [2.45, 2.75) is 0 Å². The lowest BCUT2D eigenvalue weighted by molar-refractivity contribution is 0.382. The van der Waals surface area contributed by atoms with E-state index in [4.69, 9.17) is 5.73 Å².